The molecule has 1 heterocycles. The van der Waals surface area contributed by atoms with Crippen LogP contribution in [0.4, 0.5) is 0 Å². The molecule has 78 valence electrons. The van der Waals surface area contributed by atoms with E-state index in [1.807, 2.05) is 0 Å². The van der Waals surface area contributed by atoms with Gasteiger partial charge in [-0.3, -0.25) is 0 Å². The van der Waals surface area contributed by atoms with Gasteiger partial charge in [0.2, 0.25) is 0 Å². The fourth-order valence-corrected chi connectivity index (χ4v) is 2.24. The Morgan fingerprint density at radius 1 is 1.31 bits per heavy atom. The molecular formula is C12H25N. The second-order valence-corrected chi connectivity index (χ2v) is 4.90. The predicted octanol–water partition coefficient (Wildman–Crippen LogP) is 3.15. The van der Waals surface area contributed by atoms with Crippen LogP contribution in [0.15, 0.2) is 0 Å². The van der Waals surface area contributed by atoms with Crippen LogP contribution in [0.1, 0.15) is 47.0 Å². The molecule has 0 bridgehead atoms. The predicted molar refractivity (Wildman–Crippen MR) is 58.9 cm³/mol. The Morgan fingerprint density at radius 3 is 2.54 bits per heavy atom. The van der Waals surface area contributed by atoms with E-state index in [4.69, 9.17) is 0 Å². The van der Waals surface area contributed by atoms with Crippen molar-refractivity contribution in [3.05, 3.63) is 0 Å². The molecule has 0 aromatic carbocycles. The van der Waals surface area contributed by atoms with E-state index in [0.29, 0.717) is 0 Å². The van der Waals surface area contributed by atoms with Crippen LogP contribution >= 0.6 is 0 Å². The molecule has 1 aliphatic heterocycles. The Balaban J connectivity index is 2.41. The van der Waals surface area contributed by atoms with Crippen LogP contribution in [-0.4, -0.2) is 24.0 Å². The lowest BCUT2D eigenvalue weighted by molar-refractivity contribution is 0.107. The molecule has 0 spiro atoms. The summed E-state index contributed by atoms with van der Waals surface area (Å²) in [5, 5.41) is 0. The summed E-state index contributed by atoms with van der Waals surface area (Å²) in [5.41, 5.74) is 0. The van der Waals surface area contributed by atoms with Crippen molar-refractivity contribution in [3.8, 4) is 0 Å². The Hall–Kier alpha value is -0.0400. The van der Waals surface area contributed by atoms with Gasteiger partial charge in [0, 0.05) is 12.6 Å². The molecule has 2 atom stereocenters. The molecule has 1 rings (SSSR count). The van der Waals surface area contributed by atoms with Crippen molar-refractivity contribution in [3.63, 3.8) is 0 Å². The Labute approximate surface area is 83.5 Å². The van der Waals surface area contributed by atoms with Crippen molar-refractivity contribution >= 4 is 0 Å². The SMILES string of the molecule is CCC(C)N1CCC[C@@H](C(C)C)C1. The van der Waals surface area contributed by atoms with Crippen LogP contribution in [0, 0.1) is 11.8 Å². The second-order valence-electron chi connectivity index (χ2n) is 4.90. The summed E-state index contributed by atoms with van der Waals surface area (Å²) < 4.78 is 0. The summed E-state index contributed by atoms with van der Waals surface area (Å²) in [7, 11) is 0. The molecule has 0 amide bonds. The molecule has 0 saturated carbocycles. The zero-order chi connectivity index (χ0) is 9.84. The van der Waals surface area contributed by atoms with Crippen LogP contribution in [0.2, 0.25) is 0 Å². The van der Waals surface area contributed by atoms with Gasteiger partial charge in [0.05, 0.1) is 0 Å². The fourth-order valence-electron chi connectivity index (χ4n) is 2.24. The normalized spacial score (nSPS) is 27.9. The van der Waals surface area contributed by atoms with Gasteiger partial charge in [-0.25, -0.2) is 0 Å². The first-order valence-electron chi connectivity index (χ1n) is 5.89. The average Bonchev–Trinajstić information content (AvgIpc) is 2.17. The van der Waals surface area contributed by atoms with E-state index < -0.39 is 0 Å². The molecule has 1 nitrogen and oxygen atoms in total. The lowest BCUT2D eigenvalue weighted by Crippen LogP contribution is -2.42. The van der Waals surface area contributed by atoms with Gasteiger partial charge in [-0.05, 0) is 44.6 Å². The van der Waals surface area contributed by atoms with Crippen LogP contribution in [0.3, 0.4) is 0 Å². The molecule has 1 heteroatoms. The maximum Gasteiger partial charge on any atom is 0.00644 e. The highest BCUT2D eigenvalue weighted by Gasteiger charge is 2.24. The standard InChI is InChI=1S/C12H25N/c1-5-11(4)13-8-6-7-12(9-13)10(2)3/h10-12H,5-9H2,1-4H3/t11?,12-/m1/s1. The molecule has 13 heavy (non-hydrogen) atoms. The third kappa shape index (κ3) is 2.98. The van der Waals surface area contributed by atoms with Gasteiger partial charge < -0.3 is 4.90 Å². The topological polar surface area (TPSA) is 3.24 Å². The highest BCUT2D eigenvalue weighted by atomic mass is 15.2. The van der Waals surface area contributed by atoms with Crippen molar-refractivity contribution in [1.82, 2.24) is 4.90 Å². The van der Waals surface area contributed by atoms with Gasteiger partial charge in [-0.1, -0.05) is 20.8 Å². The minimum Gasteiger partial charge on any atom is -0.300 e. The summed E-state index contributed by atoms with van der Waals surface area (Å²) in [4.78, 5) is 2.67. The van der Waals surface area contributed by atoms with E-state index in [0.717, 1.165) is 17.9 Å². The highest BCUT2D eigenvalue weighted by Crippen LogP contribution is 2.25. The minimum atomic E-state index is 0.793. The summed E-state index contributed by atoms with van der Waals surface area (Å²) in [6.07, 6.45) is 4.16. The van der Waals surface area contributed by atoms with E-state index >= 15 is 0 Å². The minimum absolute atomic E-state index is 0.793. The highest BCUT2D eigenvalue weighted by molar-refractivity contribution is 4.77. The zero-order valence-corrected chi connectivity index (χ0v) is 9.71. The molecule has 0 aromatic rings. The summed E-state index contributed by atoms with van der Waals surface area (Å²) in [5.74, 6) is 1.81. The fraction of sp³-hybridized carbons (Fsp3) is 1.00. The van der Waals surface area contributed by atoms with Crippen molar-refractivity contribution in [2.45, 2.75) is 53.0 Å². The summed E-state index contributed by atoms with van der Waals surface area (Å²) >= 11 is 0. The number of rotatable bonds is 3. The molecular weight excluding hydrogens is 158 g/mol. The van der Waals surface area contributed by atoms with Crippen molar-refractivity contribution < 1.29 is 0 Å². The monoisotopic (exact) mass is 183 g/mol. The number of hydrogen-bond donors (Lipinski definition) is 0. The molecule has 0 aromatic heterocycles. The van der Waals surface area contributed by atoms with Crippen molar-refractivity contribution in [2.75, 3.05) is 13.1 Å². The number of nitrogens with zero attached hydrogens (tertiary/aromatic N) is 1. The third-order valence-electron chi connectivity index (χ3n) is 3.65. The number of hydrogen-bond acceptors (Lipinski definition) is 1. The molecule has 0 radical (unpaired) electrons. The maximum atomic E-state index is 2.67. The Bertz CT molecular complexity index is 142. The van der Waals surface area contributed by atoms with Crippen LogP contribution in [0.25, 0.3) is 0 Å². The van der Waals surface area contributed by atoms with Gasteiger partial charge in [0.1, 0.15) is 0 Å². The lowest BCUT2D eigenvalue weighted by Gasteiger charge is -2.38. The van der Waals surface area contributed by atoms with Crippen molar-refractivity contribution in [1.29, 1.82) is 0 Å². The van der Waals surface area contributed by atoms with Gasteiger partial charge in [-0.2, -0.15) is 0 Å². The van der Waals surface area contributed by atoms with Gasteiger partial charge in [-0.15, -0.1) is 0 Å². The molecule has 1 saturated heterocycles. The second kappa shape index (κ2) is 4.99. The van der Waals surface area contributed by atoms with E-state index in [1.54, 1.807) is 0 Å². The van der Waals surface area contributed by atoms with Crippen molar-refractivity contribution in [2.24, 2.45) is 11.8 Å². The number of piperidine rings is 1. The van der Waals surface area contributed by atoms with E-state index in [-0.39, 0.29) is 0 Å². The van der Waals surface area contributed by atoms with E-state index in [9.17, 15) is 0 Å². The Morgan fingerprint density at radius 2 is 2.00 bits per heavy atom. The van der Waals surface area contributed by atoms with Gasteiger partial charge >= 0.3 is 0 Å². The average molecular weight is 183 g/mol. The summed E-state index contributed by atoms with van der Waals surface area (Å²) in [6.45, 7) is 12.1. The first-order chi connectivity index (χ1) is 6.15. The lowest BCUT2D eigenvalue weighted by atomic mass is 9.87. The molecule has 1 fully saturated rings. The first kappa shape index (κ1) is 11.0. The Kier molecular flexibility index (Phi) is 4.24. The molecule has 0 N–H and O–H groups in total. The third-order valence-corrected chi connectivity index (χ3v) is 3.65. The number of likely N-dealkylation sites (tertiary alicyclic amines) is 1. The quantitative estimate of drug-likeness (QED) is 0.649. The molecule has 1 unspecified atom stereocenters. The van der Waals surface area contributed by atoms with Crippen LogP contribution in [0.5, 0.6) is 0 Å². The van der Waals surface area contributed by atoms with Crippen LogP contribution < -0.4 is 0 Å². The first-order valence-corrected chi connectivity index (χ1v) is 5.89. The van der Waals surface area contributed by atoms with Crippen LogP contribution in [-0.2, 0) is 0 Å². The smallest absolute Gasteiger partial charge is 0.00644 e. The molecule has 0 aliphatic carbocycles. The zero-order valence-electron chi connectivity index (χ0n) is 9.71. The largest absolute Gasteiger partial charge is 0.300 e. The maximum absolute atomic E-state index is 2.67. The van der Waals surface area contributed by atoms with E-state index in [2.05, 4.69) is 32.6 Å². The molecule has 1 aliphatic rings. The van der Waals surface area contributed by atoms with Gasteiger partial charge in [0.25, 0.3) is 0 Å². The van der Waals surface area contributed by atoms with Gasteiger partial charge in [0.15, 0.2) is 0 Å². The van der Waals surface area contributed by atoms with E-state index in [1.165, 1.54) is 32.4 Å². The summed E-state index contributed by atoms with van der Waals surface area (Å²) in [6, 6.07) is 0.793.